The number of likely N-dealkylation sites (N-methyl/N-ethyl adjacent to an activating group) is 1. The zero-order valence-corrected chi connectivity index (χ0v) is 6.71. The molecule has 0 saturated carbocycles. The fourth-order valence-corrected chi connectivity index (χ4v) is 1.13. The second-order valence-corrected chi connectivity index (χ2v) is 2.65. The molecule has 1 rings (SSSR count). The monoisotopic (exact) mass is 141 g/mol. The predicted octanol–water partition coefficient (Wildman–Crippen LogP) is 0.893. The van der Waals surface area contributed by atoms with Crippen LogP contribution in [0, 0.1) is 0 Å². The first-order chi connectivity index (χ1) is 4.84. The SMILES string of the molecule is C/C=C/C1COCCN1C. The molecule has 1 aliphatic rings. The molecule has 1 atom stereocenters. The Hall–Kier alpha value is -0.340. The Kier molecular flexibility index (Phi) is 2.90. The van der Waals surface area contributed by atoms with Crippen LogP contribution in [0.25, 0.3) is 0 Å². The lowest BCUT2D eigenvalue weighted by Gasteiger charge is -2.29. The third-order valence-corrected chi connectivity index (χ3v) is 1.86. The van der Waals surface area contributed by atoms with Crippen LogP contribution in [0.1, 0.15) is 6.92 Å². The van der Waals surface area contributed by atoms with Gasteiger partial charge in [0.1, 0.15) is 0 Å². The number of hydrogen-bond donors (Lipinski definition) is 0. The molecule has 0 aromatic rings. The summed E-state index contributed by atoms with van der Waals surface area (Å²) in [5.41, 5.74) is 0. The molecule has 0 N–H and O–H groups in total. The van der Waals surface area contributed by atoms with E-state index in [0.717, 1.165) is 19.8 Å². The van der Waals surface area contributed by atoms with Gasteiger partial charge < -0.3 is 4.74 Å². The summed E-state index contributed by atoms with van der Waals surface area (Å²) in [7, 11) is 2.13. The molecular formula is C8H15NO. The van der Waals surface area contributed by atoms with Gasteiger partial charge in [-0.15, -0.1) is 0 Å². The smallest absolute Gasteiger partial charge is 0.0658 e. The van der Waals surface area contributed by atoms with Crippen molar-refractivity contribution < 1.29 is 4.74 Å². The Morgan fingerprint density at radius 2 is 2.40 bits per heavy atom. The Morgan fingerprint density at radius 1 is 1.60 bits per heavy atom. The second kappa shape index (κ2) is 3.74. The van der Waals surface area contributed by atoms with Crippen molar-refractivity contribution in [3.05, 3.63) is 12.2 Å². The Morgan fingerprint density at radius 3 is 3.00 bits per heavy atom. The van der Waals surface area contributed by atoms with Crippen LogP contribution in [-0.2, 0) is 4.74 Å². The summed E-state index contributed by atoms with van der Waals surface area (Å²) < 4.78 is 5.31. The molecule has 1 unspecified atom stereocenters. The van der Waals surface area contributed by atoms with Crippen molar-refractivity contribution in [1.82, 2.24) is 4.90 Å². The average Bonchev–Trinajstić information content (AvgIpc) is 1.94. The van der Waals surface area contributed by atoms with E-state index in [1.54, 1.807) is 0 Å². The summed E-state index contributed by atoms with van der Waals surface area (Å²) in [5, 5.41) is 0. The highest BCUT2D eigenvalue weighted by atomic mass is 16.5. The van der Waals surface area contributed by atoms with Crippen LogP contribution in [0.3, 0.4) is 0 Å². The van der Waals surface area contributed by atoms with Gasteiger partial charge in [-0.2, -0.15) is 0 Å². The highest BCUT2D eigenvalue weighted by Gasteiger charge is 2.15. The van der Waals surface area contributed by atoms with E-state index in [2.05, 4.69) is 24.1 Å². The minimum Gasteiger partial charge on any atom is -0.378 e. The largest absolute Gasteiger partial charge is 0.378 e. The van der Waals surface area contributed by atoms with Crippen LogP contribution >= 0.6 is 0 Å². The predicted molar refractivity (Wildman–Crippen MR) is 42.1 cm³/mol. The highest BCUT2D eigenvalue weighted by Crippen LogP contribution is 2.04. The topological polar surface area (TPSA) is 12.5 Å². The fourth-order valence-electron chi connectivity index (χ4n) is 1.13. The Labute approximate surface area is 62.5 Å². The number of nitrogens with zero attached hydrogens (tertiary/aromatic N) is 1. The molecule has 1 heterocycles. The maximum absolute atomic E-state index is 5.31. The number of allylic oxidation sites excluding steroid dienone is 1. The molecule has 2 heteroatoms. The van der Waals surface area contributed by atoms with Gasteiger partial charge in [-0.25, -0.2) is 0 Å². The number of ether oxygens (including phenoxy) is 1. The van der Waals surface area contributed by atoms with Gasteiger partial charge >= 0.3 is 0 Å². The molecule has 0 aromatic carbocycles. The summed E-state index contributed by atoms with van der Waals surface area (Å²) in [4.78, 5) is 2.31. The van der Waals surface area contributed by atoms with E-state index in [9.17, 15) is 0 Å². The summed E-state index contributed by atoms with van der Waals surface area (Å²) in [6.45, 7) is 4.82. The average molecular weight is 141 g/mol. The summed E-state index contributed by atoms with van der Waals surface area (Å²) in [6, 6.07) is 0.499. The van der Waals surface area contributed by atoms with E-state index >= 15 is 0 Å². The minimum absolute atomic E-state index is 0.499. The molecule has 0 spiro atoms. The van der Waals surface area contributed by atoms with E-state index in [4.69, 9.17) is 4.74 Å². The van der Waals surface area contributed by atoms with E-state index in [1.165, 1.54) is 0 Å². The molecule has 2 nitrogen and oxygen atoms in total. The first kappa shape index (κ1) is 7.76. The first-order valence-corrected chi connectivity index (χ1v) is 3.75. The van der Waals surface area contributed by atoms with Gasteiger partial charge in [0.05, 0.1) is 19.3 Å². The van der Waals surface area contributed by atoms with Gasteiger partial charge in [0.15, 0.2) is 0 Å². The van der Waals surface area contributed by atoms with Gasteiger partial charge in [-0.05, 0) is 14.0 Å². The van der Waals surface area contributed by atoms with E-state index in [1.807, 2.05) is 6.92 Å². The zero-order chi connectivity index (χ0) is 7.40. The molecule has 0 aromatic heterocycles. The normalized spacial score (nSPS) is 29.6. The van der Waals surface area contributed by atoms with Crippen molar-refractivity contribution in [1.29, 1.82) is 0 Å². The first-order valence-electron chi connectivity index (χ1n) is 3.75. The maximum Gasteiger partial charge on any atom is 0.0658 e. The molecule has 1 saturated heterocycles. The van der Waals surface area contributed by atoms with Crippen molar-refractivity contribution in [2.75, 3.05) is 26.8 Å². The van der Waals surface area contributed by atoms with E-state index < -0.39 is 0 Å². The van der Waals surface area contributed by atoms with Crippen LogP contribution in [-0.4, -0.2) is 37.7 Å². The van der Waals surface area contributed by atoms with Crippen LogP contribution in [0.5, 0.6) is 0 Å². The van der Waals surface area contributed by atoms with E-state index in [0.29, 0.717) is 6.04 Å². The van der Waals surface area contributed by atoms with Gasteiger partial charge in [-0.1, -0.05) is 12.2 Å². The molecule has 58 valence electrons. The molecule has 1 aliphatic heterocycles. The van der Waals surface area contributed by atoms with Gasteiger partial charge in [0.25, 0.3) is 0 Å². The summed E-state index contributed by atoms with van der Waals surface area (Å²) >= 11 is 0. The summed E-state index contributed by atoms with van der Waals surface area (Å²) in [6.07, 6.45) is 4.26. The van der Waals surface area contributed by atoms with Gasteiger partial charge in [0.2, 0.25) is 0 Å². The molecule has 0 aliphatic carbocycles. The van der Waals surface area contributed by atoms with Crippen molar-refractivity contribution in [3.8, 4) is 0 Å². The third kappa shape index (κ3) is 1.82. The fraction of sp³-hybridized carbons (Fsp3) is 0.750. The lowest BCUT2D eigenvalue weighted by molar-refractivity contribution is 0.0233. The third-order valence-electron chi connectivity index (χ3n) is 1.86. The molecule has 10 heavy (non-hydrogen) atoms. The molecule has 0 amide bonds. The van der Waals surface area contributed by atoms with Gasteiger partial charge in [0, 0.05) is 6.54 Å². The van der Waals surface area contributed by atoms with Crippen LogP contribution in [0.4, 0.5) is 0 Å². The zero-order valence-electron chi connectivity index (χ0n) is 6.71. The van der Waals surface area contributed by atoms with Gasteiger partial charge in [-0.3, -0.25) is 4.90 Å². The number of hydrogen-bond acceptors (Lipinski definition) is 2. The van der Waals surface area contributed by atoms with E-state index in [-0.39, 0.29) is 0 Å². The number of rotatable bonds is 1. The second-order valence-electron chi connectivity index (χ2n) is 2.65. The van der Waals surface area contributed by atoms with Crippen LogP contribution in [0.15, 0.2) is 12.2 Å². The quantitative estimate of drug-likeness (QED) is 0.503. The Bertz CT molecular complexity index is 122. The van der Waals surface area contributed by atoms with Crippen LogP contribution < -0.4 is 0 Å². The minimum atomic E-state index is 0.499. The lowest BCUT2D eigenvalue weighted by atomic mass is 10.2. The van der Waals surface area contributed by atoms with Crippen molar-refractivity contribution in [2.24, 2.45) is 0 Å². The molecule has 0 bridgehead atoms. The standard InChI is InChI=1S/C8H15NO/c1-3-4-8-7-10-6-5-9(8)2/h3-4,8H,5-7H2,1-2H3/b4-3+. The summed E-state index contributed by atoms with van der Waals surface area (Å²) in [5.74, 6) is 0. The number of morpholine rings is 1. The van der Waals surface area contributed by atoms with Crippen molar-refractivity contribution in [3.63, 3.8) is 0 Å². The van der Waals surface area contributed by atoms with Crippen LogP contribution in [0.2, 0.25) is 0 Å². The Balaban J connectivity index is 2.39. The highest BCUT2D eigenvalue weighted by molar-refractivity contribution is 4.92. The van der Waals surface area contributed by atoms with Crippen molar-refractivity contribution >= 4 is 0 Å². The molecule has 1 fully saturated rings. The lowest BCUT2D eigenvalue weighted by Crippen LogP contribution is -2.41. The maximum atomic E-state index is 5.31. The molecular weight excluding hydrogens is 126 g/mol. The van der Waals surface area contributed by atoms with Crippen molar-refractivity contribution in [2.45, 2.75) is 13.0 Å². The molecule has 0 radical (unpaired) electrons.